The Labute approximate surface area is 115 Å². The Hall–Kier alpha value is -2.28. The second-order valence-electron chi connectivity index (χ2n) is 4.61. The summed E-state index contributed by atoms with van der Waals surface area (Å²) in [6, 6.07) is 16.4. The van der Waals surface area contributed by atoms with Crippen molar-refractivity contribution < 1.29 is 0 Å². The molecule has 0 unspecified atom stereocenters. The van der Waals surface area contributed by atoms with Crippen molar-refractivity contribution >= 4 is 11.8 Å². The maximum absolute atomic E-state index is 6.25. The van der Waals surface area contributed by atoms with Crippen molar-refractivity contribution in [3.8, 4) is 0 Å². The van der Waals surface area contributed by atoms with Crippen LogP contribution in [0.2, 0.25) is 0 Å². The first-order chi connectivity index (χ1) is 9.22. The molecule has 19 heavy (non-hydrogen) atoms. The van der Waals surface area contributed by atoms with E-state index < -0.39 is 0 Å². The Balaban J connectivity index is 2.42. The molecule has 0 saturated heterocycles. The van der Waals surface area contributed by atoms with E-state index in [9.17, 15) is 0 Å². The number of nitrogens with two attached hydrogens (primary N) is 1. The van der Waals surface area contributed by atoms with Crippen LogP contribution in [0.15, 0.2) is 61.2 Å². The molecule has 0 saturated carbocycles. The topological polar surface area (TPSA) is 26.0 Å². The summed E-state index contributed by atoms with van der Waals surface area (Å²) in [5, 5.41) is 0. The molecule has 0 bridgehead atoms. The lowest BCUT2D eigenvalue weighted by Crippen LogP contribution is -2.00. The number of allylic oxidation sites excluding steroid dienone is 1. The van der Waals surface area contributed by atoms with Gasteiger partial charge in [-0.3, -0.25) is 0 Å². The van der Waals surface area contributed by atoms with Crippen molar-refractivity contribution in [2.45, 2.75) is 13.3 Å². The van der Waals surface area contributed by atoms with E-state index in [0.717, 1.165) is 23.2 Å². The highest BCUT2D eigenvalue weighted by Gasteiger charge is 2.03. The quantitative estimate of drug-likeness (QED) is 0.638. The molecule has 0 spiro atoms. The van der Waals surface area contributed by atoms with Gasteiger partial charge in [0.25, 0.3) is 0 Å². The van der Waals surface area contributed by atoms with Gasteiger partial charge in [-0.15, -0.1) is 6.58 Å². The number of hydrogen-bond donors (Lipinski definition) is 1. The zero-order valence-electron chi connectivity index (χ0n) is 11.3. The maximum Gasteiger partial charge on any atom is 0.0396 e. The minimum atomic E-state index is 0.798. The second-order valence-corrected chi connectivity index (χ2v) is 4.61. The molecule has 1 nitrogen and oxygen atoms in total. The van der Waals surface area contributed by atoms with Crippen molar-refractivity contribution in [1.82, 2.24) is 0 Å². The molecule has 96 valence electrons. The fourth-order valence-electron chi connectivity index (χ4n) is 2.13. The fourth-order valence-corrected chi connectivity index (χ4v) is 2.13. The first kappa shape index (κ1) is 13.2. The van der Waals surface area contributed by atoms with Crippen molar-refractivity contribution in [2.24, 2.45) is 5.73 Å². The van der Waals surface area contributed by atoms with Gasteiger partial charge in [0.2, 0.25) is 0 Å². The molecule has 0 atom stereocenters. The Bertz CT molecular complexity index is 609. The van der Waals surface area contributed by atoms with E-state index in [2.05, 4.69) is 37.8 Å². The summed E-state index contributed by atoms with van der Waals surface area (Å²) >= 11 is 0. The van der Waals surface area contributed by atoms with E-state index in [4.69, 9.17) is 5.73 Å². The molecule has 0 heterocycles. The maximum atomic E-state index is 6.25. The molecular formula is C18H19N. The largest absolute Gasteiger partial charge is 0.398 e. The lowest BCUT2D eigenvalue weighted by molar-refractivity contribution is 1.25. The van der Waals surface area contributed by atoms with Crippen LogP contribution < -0.4 is 5.73 Å². The van der Waals surface area contributed by atoms with Gasteiger partial charge < -0.3 is 5.73 Å². The SMILES string of the molecule is C=CCc1ccccc1C(N)=Cc1ccccc1C. The summed E-state index contributed by atoms with van der Waals surface area (Å²) in [6.07, 6.45) is 4.77. The van der Waals surface area contributed by atoms with Crippen molar-refractivity contribution in [3.63, 3.8) is 0 Å². The van der Waals surface area contributed by atoms with Crippen LogP contribution in [0.25, 0.3) is 11.8 Å². The zero-order chi connectivity index (χ0) is 13.7. The van der Waals surface area contributed by atoms with E-state index in [1.54, 1.807) is 0 Å². The summed E-state index contributed by atoms with van der Waals surface area (Å²) in [5.74, 6) is 0. The minimum absolute atomic E-state index is 0.798. The molecule has 0 aliphatic rings. The molecule has 1 heteroatoms. The molecule has 0 aromatic heterocycles. The van der Waals surface area contributed by atoms with Crippen molar-refractivity contribution in [3.05, 3.63) is 83.4 Å². The van der Waals surface area contributed by atoms with Crippen LogP contribution in [0.1, 0.15) is 22.3 Å². The monoisotopic (exact) mass is 249 g/mol. The fraction of sp³-hybridized carbons (Fsp3) is 0.111. The van der Waals surface area contributed by atoms with Gasteiger partial charge in [-0.05, 0) is 36.1 Å². The highest BCUT2D eigenvalue weighted by Crippen LogP contribution is 2.20. The average molecular weight is 249 g/mol. The van der Waals surface area contributed by atoms with E-state index in [1.165, 1.54) is 11.1 Å². The molecule has 2 N–H and O–H groups in total. The Morgan fingerprint density at radius 3 is 2.53 bits per heavy atom. The van der Waals surface area contributed by atoms with Crippen molar-refractivity contribution in [1.29, 1.82) is 0 Å². The summed E-state index contributed by atoms with van der Waals surface area (Å²) in [6.45, 7) is 5.89. The Morgan fingerprint density at radius 1 is 1.11 bits per heavy atom. The molecule has 0 fully saturated rings. The van der Waals surface area contributed by atoms with Crippen LogP contribution in [-0.4, -0.2) is 0 Å². The first-order valence-electron chi connectivity index (χ1n) is 6.44. The Kier molecular flexibility index (Phi) is 4.19. The van der Waals surface area contributed by atoms with Crippen LogP contribution in [-0.2, 0) is 6.42 Å². The van der Waals surface area contributed by atoms with Crippen LogP contribution in [0.3, 0.4) is 0 Å². The molecular weight excluding hydrogens is 230 g/mol. The van der Waals surface area contributed by atoms with Gasteiger partial charge in [0, 0.05) is 11.3 Å². The van der Waals surface area contributed by atoms with Crippen LogP contribution >= 0.6 is 0 Å². The van der Waals surface area contributed by atoms with Gasteiger partial charge in [-0.2, -0.15) is 0 Å². The lowest BCUT2D eigenvalue weighted by Gasteiger charge is -2.09. The average Bonchev–Trinajstić information content (AvgIpc) is 2.42. The van der Waals surface area contributed by atoms with Crippen molar-refractivity contribution in [2.75, 3.05) is 0 Å². The third kappa shape index (κ3) is 3.14. The minimum Gasteiger partial charge on any atom is -0.398 e. The van der Waals surface area contributed by atoms with Gasteiger partial charge in [0.1, 0.15) is 0 Å². The summed E-state index contributed by atoms with van der Waals surface area (Å²) in [4.78, 5) is 0. The molecule has 0 amide bonds. The second kappa shape index (κ2) is 6.05. The predicted octanol–water partition coefficient (Wildman–Crippen LogP) is 4.18. The van der Waals surface area contributed by atoms with Gasteiger partial charge in [-0.25, -0.2) is 0 Å². The van der Waals surface area contributed by atoms with E-state index in [1.807, 2.05) is 36.4 Å². The van der Waals surface area contributed by atoms with E-state index in [-0.39, 0.29) is 0 Å². The van der Waals surface area contributed by atoms with Crippen LogP contribution in [0.4, 0.5) is 0 Å². The number of aryl methyl sites for hydroxylation is 1. The van der Waals surface area contributed by atoms with Gasteiger partial charge in [0.05, 0.1) is 0 Å². The normalized spacial score (nSPS) is 11.3. The number of benzene rings is 2. The Morgan fingerprint density at radius 2 is 1.79 bits per heavy atom. The van der Waals surface area contributed by atoms with Crippen LogP contribution in [0, 0.1) is 6.92 Å². The molecule has 2 rings (SSSR count). The highest BCUT2D eigenvalue weighted by molar-refractivity contribution is 5.81. The van der Waals surface area contributed by atoms with Gasteiger partial charge in [-0.1, -0.05) is 54.6 Å². The summed E-state index contributed by atoms with van der Waals surface area (Å²) < 4.78 is 0. The number of rotatable bonds is 4. The highest BCUT2D eigenvalue weighted by atomic mass is 14.6. The van der Waals surface area contributed by atoms with E-state index >= 15 is 0 Å². The third-order valence-corrected chi connectivity index (χ3v) is 3.19. The molecule has 0 radical (unpaired) electrons. The molecule has 0 aliphatic heterocycles. The predicted molar refractivity (Wildman–Crippen MR) is 83.6 cm³/mol. The molecule has 2 aromatic rings. The smallest absolute Gasteiger partial charge is 0.0396 e. The van der Waals surface area contributed by atoms with E-state index in [0.29, 0.717) is 0 Å². The standard InChI is InChI=1S/C18H19N/c1-3-8-15-10-6-7-12-17(15)18(19)13-16-11-5-4-9-14(16)2/h3-7,9-13H,1,8,19H2,2H3. The summed E-state index contributed by atoms with van der Waals surface area (Å²) in [5.41, 5.74) is 11.7. The van der Waals surface area contributed by atoms with Gasteiger partial charge in [0.15, 0.2) is 0 Å². The molecule has 2 aromatic carbocycles. The van der Waals surface area contributed by atoms with Gasteiger partial charge >= 0.3 is 0 Å². The zero-order valence-corrected chi connectivity index (χ0v) is 11.3. The number of hydrogen-bond acceptors (Lipinski definition) is 1. The molecule has 0 aliphatic carbocycles. The first-order valence-corrected chi connectivity index (χ1v) is 6.44. The third-order valence-electron chi connectivity index (χ3n) is 3.19. The lowest BCUT2D eigenvalue weighted by atomic mass is 9.99. The summed E-state index contributed by atoms with van der Waals surface area (Å²) in [7, 11) is 0. The van der Waals surface area contributed by atoms with Crippen LogP contribution in [0.5, 0.6) is 0 Å².